The second-order valence-corrected chi connectivity index (χ2v) is 6.76. The third-order valence-electron chi connectivity index (χ3n) is 3.50. The highest BCUT2D eigenvalue weighted by atomic mass is 32.2. The van der Waals surface area contributed by atoms with E-state index in [1.54, 1.807) is 18.4 Å². The number of amides is 1. The van der Waals surface area contributed by atoms with Gasteiger partial charge in [0.25, 0.3) is 0 Å². The van der Waals surface area contributed by atoms with Gasteiger partial charge in [0.1, 0.15) is 11.1 Å². The van der Waals surface area contributed by atoms with Gasteiger partial charge in [-0.2, -0.15) is 4.99 Å². The van der Waals surface area contributed by atoms with Crippen molar-refractivity contribution in [1.82, 2.24) is 4.90 Å². The van der Waals surface area contributed by atoms with Crippen LogP contribution in [-0.2, 0) is 11.2 Å². The van der Waals surface area contributed by atoms with Gasteiger partial charge < -0.3 is 14.4 Å². The van der Waals surface area contributed by atoms with E-state index in [2.05, 4.69) is 9.73 Å². The lowest BCUT2D eigenvalue weighted by Gasteiger charge is -2.20. The summed E-state index contributed by atoms with van der Waals surface area (Å²) in [6, 6.07) is 3.23. The van der Waals surface area contributed by atoms with Crippen LogP contribution in [-0.4, -0.2) is 61.9 Å². The van der Waals surface area contributed by atoms with Crippen LogP contribution in [0.1, 0.15) is 25.0 Å². The van der Waals surface area contributed by atoms with Crippen LogP contribution in [0.25, 0.3) is 0 Å². The minimum atomic E-state index is -0.831. The summed E-state index contributed by atoms with van der Waals surface area (Å²) >= 11 is 1.08. The molecule has 0 aliphatic heterocycles. The van der Waals surface area contributed by atoms with Crippen LogP contribution in [0.5, 0.6) is 5.75 Å². The van der Waals surface area contributed by atoms with Gasteiger partial charge in [-0.15, -0.1) is 11.8 Å². The van der Waals surface area contributed by atoms with Crippen LogP contribution in [0.4, 0.5) is 9.18 Å². The van der Waals surface area contributed by atoms with E-state index in [0.717, 1.165) is 17.3 Å². The molecule has 1 atom stereocenters. The molecule has 0 radical (unpaired) electrons. The molecule has 1 aromatic rings. The van der Waals surface area contributed by atoms with Gasteiger partial charge in [0, 0.05) is 12.1 Å². The highest BCUT2D eigenvalue weighted by molar-refractivity contribution is 8.15. The van der Waals surface area contributed by atoms with Crippen molar-refractivity contribution in [2.75, 3.05) is 34.0 Å². The highest BCUT2D eigenvalue weighted by Gasteiger charge is 2.21. The number of halogens is 1. The minimum Gasteiger partial charge on any atom is -0.486 e. The third-order valence-corrected chi connectivity index (χ3v) is 4.18. The predicted molar refractivity (Wildman–Crippen MR) is 105 cm³/mol. The first kappa shape index (κ1) is 22.1. The zero-order valence-corrected chi connectivity index (χ0v) is 16.9. The first-order chi connectivity index (χ1) is 12.2. The molecule has 1 rings (SSSR count). The van der Waals surface area contributed by atoms with Crippen molar-refractivity contribution < 1.29 is 18.7 Å². The van der Waals surface area contributed by atoms with Gasteiger partial charge >= 0.3 is 6.09 Å². The van der Waals surface area contributed by atoms with Crippen molar-refractivity contribution in [3.05, 3.63) is 29.1 Å². The second kappa shape index (κ2) is 10.3. The van der Waals surface area contributed by atoms with Crippen LogP contribution < -0.4 is 4.74 Å². The Labute approximate surface area is 158 Å². The van der Waals surface area contributed by atoms with Crippen molar-refractivity contribution in [3.8, 4) is 5.75 Å². The monoisotopic (exact) mass is 383 g/mol. The van der Waals surface area contributed by atoms with Gasteiger partial charge in [0.05, 0.1) is 12.8 Å². The van der Waals surface area contributed by atoms with Crippen molar-refractivity contribution in [3.63, 3.8) is 0 Å². The average Bonchev–Trinajstić information content (AvgIpc) is 2.59. The lowest BCUT2D eigenvalue weighted by molar-refractivity contribution is 0.170. The first-order valence-electron chi connectivity index (χ1n) is 8.17. The van der Waals surface area contributed by atoms with E-state index in [0.29, 0.717) is 13.0 Å². The standard InChI is InChI=1S/C18H26FN3O3S/c1-7-12-8-13(16(20)17(26-6)21-18(23)24-5)15(19)14(9-12)25-11(2)10-22(3)4/h8-9,11,20H,7,10H2,1-6H3. The van der Waals surface area contributed by atoms with Gasteiger partial charge in [-0.1, -0.05) is 6.92 Å². The number of nitrogens with one attached hydrogen (secondary N) is 1. The summed E-state index contributed by atoms with van der Waals surface area (Å²) in [5, 5.41) is 8.38. The van der Waals surface area contributed by atoms with Crippen molar-refractivity contribution >= 4 is 28.6 Å². The molecule has 0 bridgehead atoms. The fourth-order valence-electron chi connectivity index (χ4n) is 2.34. The molecule has 0 saturated carbocycles. The Bertz CT molecular complexity index is 693. The molecule has 1 aromatic carbocycles. The summed E-state index contributed by atoms with van der Waals surface area (Å²) in [5.41, 5.74) is 0.700. The number of likely N-dealkylation sites (N-methyl/N-ethyl adjacent to an activating group) is 1. The predicted octanol–water partition coefficient (Wildman–Crippen LogP) is 3.61. The van der Waals surface area contributed by atoms with Gasteiger partial charge in [0.15, 0.2) is 11.6 Å². The Morgan fingerprint density at radius 3 is 2.58 bits per heavy atom. The number of aliphatic imine (C=N–C) groups is 1. The van der Waals surface area contributed by atoms with Crippen LogP contribution in [0.2, 0.25) is 0 Å². The van der Waals surface area contributed by atoms with Gasteiger partial charge in [-0.05, 0) is 51.4 Å². The van der Waals surface area contributed by atoms with E-state index in [-0.39, 0.29) is 28.2 Å². The number of ether oxygens (including phenoxy) is 2. The Kier molecular flexibility index (Phi) is 8.74. The summed E-state index contributed by atoms with van der Waals surface area (Å²) in [5.74, 6) is -0.540. The molecular weight excluding hydrogens is 357 g/mol. The quantitative estimate of drug-likeness (QED) is 0.575. The smallest absolute Gasteiger partial charge is 0.434 e. The van der Waals surface area contributed by atoms with Crippen molar-refractivity contribution in [2.24, 2.45) is 4.99 Å². The number of carbonyl (C=O) groups excluding carboxylic acids is 1. The Balaban J connectivity index is 3.30. The lowest BCUT2D eigenvalue weighted by Crippen LogP contribution is -2.28. The Hall–Kier alpha value is -1.93. The summed E-state index contributed by atoms with van der Waals surface area (Å²) in [4.78, 5) is 17.0. The lowest BCUT2D eigenvalue weighted by atomic mass is 10.0. The van der Waals surface area contributed by atoms with Gasteiger partial charge in [-0.25, -0.2) is 9.18 Å². The normalized spacial score (nSPS) is 12.8. The van der Waals surface area contributed by atoms with Crippen molar-refractivity contribution in [1.29, 1.82) is 5.41 Å². The molecule has 1 N–H and O–H groups in total. The van der Waals surface area contributed by atoms with E-state index in [4.69, 9.17) is 10.1 Å². The number of aryl methyl sites for hydroxylation is 1. The second-order valence-electron chi connectivity index (χ2n) is 5.97. The number of thioether (sulfide) groups is 1. The van der Waals surface area contributed by atoms with Gasteiger partial charge in [0.2, 0.25) is 0 Å². The van der Waals surface area contributed by atoms with E-state index >= 15 is 0 Å². The molecule has 144 valence electrons. The zero-order chi connectivity index (χ0) is 19.9. The SMILES string of the molecule is CCc1cc(OC(C)CN(C)C)c(F)c(C(=N)C(=NC(=O)OC)SC)c1. The van der Waals surface area contributed by atoms with Crippen LogP contribution >= 0.6 is 11.8 Å². The Morgan fingerprint density at radius 1 is 1.42 bits per heavy atom. The number of methoxy groups -OCH3 is 1. The molecule has 0 saturated heterocycles. The fourth-order valence-corrected chi connectivity index (χ4v) is 2.82. The molecule has 1 amide bonds. The molecule has 26 heavy (non-hydrogen) atoms. The molecule has 0 heterocycles. The molecule has 1 unspecified atom stereocenters. The molecule has 0 spiro atoms. The molecule has 0 aromatic heterocycles. The fraction of sp³-hybridized carbons (Fsp3) is 0.500. The largest absolute Gasteiger partial charge is 0.486 e. The number of carbonyl (C=O) groups is 1. The summed E-state index contributed by atoms with van der Waals surface area (Å²) in [6.45, 7) is 4.42. The number of nitrogens with zero attached hydrogens (tertiary/aromatic N) is 2. The summed E-state index contributed by atoms with van der Waals surface area (Å²) in [7, 11) is 5.02. The minimum absolute atomic E-state index is 0.0495. The molecule has 6 nitrogen and oxygen atoms in total. The molecule has 8 heteroatoms. The number of benzene rings is 1. The van der Waals surface area contributed by atoms with E-state index in [1.165, 1.54) is 7.11 Å². The van der Waals surface area contributed by atoms with E-state index in [9.17, 15) is 9.18 Å². The molecule has 0 fully saturated rings. The third kappa shape index (κ3) is 6.10. The van der Waals surface area contributed by atoms with Crippen LogP contribution in [0, 0.1) is 11.2 Å². The summed E-state index contributed by atoms with van der Waals surface area (Å²) in [6.07, 6.45) is 1.26. The Morgan fingerprint density at radius 2 is 2.08 bits per heavy atom. The van der Waals surface area contributed by atoms with Crippen LogP contribution in [0.15, 0.2) is 17.1 Å². The molecular formula is C18H26FN3O3S. The van der Waals surface area contributed by atoms with E-state index in [1.807, 2.05) is 32.8 Å². The van der Waals surface area contributed by atoms with E-state index < -0.39 is 11.9 Å². The maximum absolute atomic E-state index is 15.0. The zero-order valence-electron chi connectivity index (χ0n) is 16.1. The number of rotatable bonds is 7. The van der Waals surface area contributed by atoms with Gasteiger partial charge in [-0.3, -0.25) is 5.41 Å². The molecule has 0 aliphatic carbocycles. The maximum Gasteiger partial charge on any atom is 0.434 e. The highest BCUT2D eigenvalue weighted by Crippen LogP contribution is 2.26. The number of hydrogen-bond acceptors (Lipinski definition) is 6. The summed E-state index contributed by atoms with van der Waals surface area (Å²) < 4.78 is 25.2. The maximum atomic E-state index is 15.0. The van der Waals surface area contributed by atoms with Crippen LogP contribution in [0.3, 0.4) is 0 Å². The first-order valence-corrected chi connectivity index (χ1v) is 9.39. The van der Waals surface area contributed by atoms with Crippen molar-refractivity contribution in [2.45, 2.75) is 26.4 Å². The molecule has 0 aliphatic rings. The average molecular weight is 383 g/mol. The number of hydrogen-bond donors (Lipinski definition) is 1. The topological polar surface area (TPSA) is 75.0 Å².